The van der Waals surface area contributed by atoms with Crippen molar-refractivity contribution < 1.29 is 0 Å². The Morgan fingerprint density at radius 1 is 0.426 bits per heavy atom. The van der Waals surface area contributed by atoms with Gasteiger partial charge in [0, 0.05) is 50.1 Å². The predicted octanol–water partition coefficient (Wildman–Crippen LogP) is 10.5. The molecule has 47 heavy (non-hydrogen) atoms. The van der Waals surface area contributed by atoms with Crippen LogP contribution in [0.5, 0.6) is 0 Å². The second kappa shape index (κ2) is 11.4. The molecule has 0 amide bonds. The van der Waals surface area contributed by atoms with Gasteiger partial charge in [0.1, 0.15) is 0 Å². The van der Waals surface area contributed by atoms with Crippen molar-refractivity contribution in [2.24, 2.45) is 0 Å². The van der Waals surface area contributed by atoms with Crippen molar-refractivity contribution in [3.8, 4) is 56.5 Å². The van der Waals surface area contributed by atoms with E-state index in [-0.39, 0.29) is 0 Å². The summed E-state index contributed by atoms with van der Waals surface area (Å²) in [6, 6.07) is 47.8. The number of hydrogen-bond donors (Lipinski definition) is 0. The molecule has 0 aliphatic heterocycles. The van der Waals surface area contributed by atoms with E-state index in [1.54, 1.807) is 11.3 Å². The fraction of sp³-hybridized carbons (Fsp3) is 0. The van der Waals surface area contributed by atoms with Crippen LogP contribution in [0, 0.1) is 0 Å². The third-order valence-corrected chi connectivity index (χ3v) is 9.50. The maximum Gasteiger partial charge on any atom is 0.164 e. The molecule has 0 aliphatic rings. The van der Waals surface area contributed by atoms with Crippen LogP contribution in [0.25, 0.3) is 87.6 Å². The zero-order valence-electron chi connectivity index (χ0n) is 25.1. The number of thiophene rings is 1. The van der Waals surface area contributed by atoms with Gasteiger partial charge in [-0.05, 0) is 52.9 Å². The quantitative estimate of drug-likeness (QED) is 0.192. The van der Waals surface area contributed by atoms with Crippen molar-refractivity contribution in [3.63, 3.8) is 0 Å². The van der Waals surface area contributed by atoms with Gasteiger partial charge in [-0.3, -0.25) is 9.97 Å². The highest BCUT2D eigenvalue weighted by molar-refractivity contribution is 7.25. The molecule has 0 atom stereocenters. The standard InChI is InChI=1S/C41H25N5S/c1-3-12-27(13-4-1)39-44-40(28-14-5-2-6-15-28)46-41(45-39)30-17-9-16-29(23-30)31-24-33(37-32-18-8-7-11-26(32)20-22-43-37)36-35(25-31)47-34-19-10-21-42-38(34)36/h1-25H. The molecule has 0 saturated heterocycles. The minimum Gasteiger partial charge on any atom is -0.256 e. The Kier molecular flexibility index (Phi) is 6.58. The summed E-state index contributed by atoms with van der Waals surface area (Å²) in [7, 11) is 0. The topological polar surface area (TPSA) is 64.5 Å². The van der Waals surface area contributed by atoms with Gasteiger partial charge in [-0.15, -0.1) is 11.3 Å². The van der Waals surface area contributed by atoms with E-state index >= 15 is 0 Å². The first-order valence-corrected chi connectivity index (χ1v) is 16.2. The summed E-state index contributed by atoms with van der Waals surface area (Å²) in [4.78, 5) is 24.6. The molecule has 0 radical (unpaired) electrons. The Balaban J connectivity index is 1.25. The first-order chi connectivity index (χ1) is 23.3. The van der Waals surface area contributed by atoms with E-state index in [4.69, 9.17) is 24.9 Å². The minimum atomic E-state index is 0.627. The smallest absolute Gasteiger partial charge is 0.164 e. The molecule has 0 unspecified atom stereocenters. The molecule has 4 heterocycles. The highest BCUT2D eigenvalue weighted by Crippen LogP contribution is 2.43. The number of nitrogens with zero attached hydrogens (tertiary/aromatic N) is 5. The van der Waals surface area contributed by atoms with Crippen LogP contribution in [0.15, 0.2) is 152 Å². The normalized spacial score (nSPS) is 11.4. The van der Waals surface area contributed by atoms with Crippen LogP contribution in [0.2, 0.25) is 0 Å². The monoisotopic (exact) mass is 619 g/mol. The minimum absolute atomic E-state index is 0.627. The molecule has 9 rings (SSSR count). The van der Waals surface area contributed by atoms with Gasteiger partial charge in [-0.25, -0.2) is 15.0 Å². The first-order valence-electron chi connectivity index (χ1n) is 15.4. The molecule has 5 aromatic carbocycles. The molecular weight excluding hydrogens is 595 g/mol. The molecule has 4 aromatic heterocycles. The number of fused-ring (bicyclic) bond motifs is 4. The van der Waals surface area contributed by atoms with E-state index in [2.05, 4.69) is 72.8 Å². The fourth-order valence-electron chi connectivity index (χ4n) is 6.18. The van der Waals surface area contributed by atoms with Crippen LogP contribution in [0.3, 0.4) is 0 Å². The van der Waals surface area contributed by atoms with E-state index in [1.807, 2.05) is 79.1 Å². The Morgan fingerprint density at radius 3 is 1.85 bits per heavy atom. The molecule has 0 bridgehead atoms. The summed E-state index contributed by atoms with van der Waals surface area (Å²) in [6.45, 7) is 0. The van der Waals surface area contributed by atoms with Crippen molar-refractivity contribution in [1.82, 2.24) is 24.9 Å². The van der Waals surface area contributed by atoms with Crippen molar-refractivity contribution in [2.45, 2.75) is 0 Å². The summed E-state index contributed by atoms with van der Waals surface area (Å²) in [6.07, 6.45) is 3.77. The molecule has 9 aromatic rings. The SMILES string of the molecule is c1ccc(-c2nc(-c3ccccc3)nc(-c3cccc(-c4cc(-c5nccc6ccccc56)c5c(c4)sc4cccnc45)c3)n2)cc1. The number of aromatic nitrogens is 5. The Hall–Kier alpha value is -6.11. The molecular formula is C41H25N5S. The Morgan fingerprint density at radius 2 is 1.09 bits per heavy atom. The van der Waals surface area contributed by atoms with Gasteiger partial charge in [0.05, 0.1) is 15.9 Å². The van der Waals surface area contributed by atoms with E-state index in [1.165, 1.54) is 4.70 Å². The molecule has 220 valence electrons. The van der Waals surface area contributed by atoms with E-state index < -0.39 is 0 Å². The van der Waals surface area contributed by atoms with Gasteiger partial charge < -0.3 is 0 Å². The summed E-state index contributed by atoms with van der Waals surface area (Å²) in [5, 5.41) is 3.40. The van der Waals surface area contributed by atoms with Gasteiger partial charge >= 0.3 is 0 Å². The third kappa shape index (κ3) is 4.92. The summed E-state index contributed by atoms with van der Waals surface area (Å²) in [5.41, 5.74) is 8.00. The van der Waals surface area contributed by atoms with Crippen LogP contribution in [-0.4, -0.2) is 24.9 Å². The number of rotatable bonds is 5. The molecule has 6 heteroatoms. The maximum absolute atomic E-state index is 4.97. The highest BCUT2D eigenvalue weighted by atomic mass is 32.1. The van der Waals surface area contributed by atoms with Crippen LogP contribution >= 0.6 is 11.3 Å². The fourth-order valence-corrected chi connectivity index (χ4v) is 7.31. The van der Waals surface area contributed by atoms with Crippen molar-refractivity contribution in [3.05, 3.63) is 152 Å². The molecule has 0 saturated carbocycles. The number of benzene rings is 5. The predicted molar refractivity (Wildman–Crippen MR) is 193 cm³/mol. The second-order valence-electron chi connectivity index (χ2n) is 11.3. The number of hydrogen-bond acceptors (Lipinski definition) is 6. The average Bonchev–Trinajstić information content (AvgIpc) is 3.53. The molecule has 0 fully saturated rings. The number of pyridine rings is 2. The summed E-state index contributed by atoms with van der Waals surface area (Å²) < 4.78 is 2.33. The van der Waals surface area contributed by atoms with Crippen LogP contribution < -0.4 is 0 Å². The van der Waals surface area contributed by atoms with Gasteiger partial charge in [0.25, 0.3) is 0 Å². The Bertz CT molecular complexity index is 2520. The van der Waals surface area contributed by atoms with Crippen molar-refractivity contribution in [2.75, 3.05) is 0 Å². The van der Waals surface area contributed by atoms with Crippen molar-refractivity contribution >= 4 is 42.4 Å². The van der Waals surface area contributed by atoms with Crippen LogP contribution in [0.1, 0.15) is 0 Å². The molecule has 0 spiro atoms. The lowest BCUT2D eigenvalue weighted by atomic mass is 9.95. The highest BCUT2D eigenvalue weighted by Gasteiger charge is 2.18. The van der Waals surface area contributed by atoms with Gasteiger partial charge in [-0.1, -0.05) is 103 Å². The molecule has 0 aliphatic carbocycles. The summed E-state index contributed by atoms with van der Waals surface area (Å²) >= 11 is 1.76. The maximum atomic E-state index is 4.97. The third-order valence-electron chi connectivity index (χ3n) is 8.41. The van der Waals surface area contributed by atoms with Gasteiger partial charge in [0.15, 0.2) is 17.5 Å². The molecule has 0 N–H and O–H groups in total. The zero-order valence-corrected chi connectivity index (χ0v) is 25.9. The molecule has 5 nitrogen and oxygen atoms in total. The first kappa shape index (κ1) is 27.2. The van der Waals surface area contributed by atoms with E-state index in [9.17, 15) is 0 Å². The lowest BCUT2D eigenvalue weighted by molar-refractivity contribution is 1.07. The van der Waals surface area contributed by atoms with E-state index in [0.29, 0.717) is 17.5 Å². The Labute approximate surface area is 275 Å². The van der Waals surface area contributed by atoms with Crippen LogP contribution in [0.4, 0.5) is 0 Å². The largest absolute Gasteiger partial charge is 0.256 e. The van der Waals surface area contributed by atoms with Crippen molar-refractivity contribution in [1.29, 1.82) is 0 Å². The average molecular weight is 620 g/mol. The lowest BCUT2D eigenvalue weighted by Gasteiger charge is -2.12. The summed E-state index contributed by atoms with van der Waals surface area (Å²) in [5.74, 6) is 1.91. The van der Waals surface area contributed by atoms with Gasteiger partial charge in [-0.2, -0.15) is 0 Å². The van der Waals surface area contributed by atoms with E-state index in [0.717, 1.165) is 65.4 Å². The van der Waals surface area contributed by atoms with Gasteiger partial charge in [0.2, 0.25) is 0 Å². The second-order valence-corrected chi connectivity index (χ2v) is 12.4. The lowest BCUT2D eigenvalue weighted by Crippen LogP contribution is -2.00. The zero-order chi connectivity index (χ0) is 31.2. The van der Waals surface area contributed by atoms with Crippen LogP contribution in [-0.2, 0) is 0 Å².